The number of hydrogen-bond donors (Lipinski definition) is 2. The van der Waals surface area contributed by atoms with Crippen molar-refractivity contribution in [1.82, 2.24) is 10.2 Å². The third kappa shape index (κ3) is 3.22. The van der Waals surface area contributed by atoms with Crippen LogP contribution in [0.4, 0.5) is 5.69 Å². The fourth-order valence-electron chi connectivity index (χ4n) is 6.06. The van der Waals surface area contributed by atoms with Gasteiger partial charge in [-0.2, -0.15) is 0 Å². The molecule has 4 atom stereocenters. The molecule has 2 saturated heterocycles. The van der Waals surface area contributed by atoms with Gasteiger partial charge in [-0.15, -0.1) is 0 Å². The van der Waals surface area contributed by atoms with Crippen LogP contribution in [0, 0.1) is 17.8 Å². The number of carbonyl (C=O) groups is 3. The van der Waals surface area contributed by atoms with Crippen molar-refractivity contribution >= 4 is 23.4 Å². The largest absolute Gasteiger partial charge is 0.324 e. The Labute approximate surface area is 194 Å². The molecule has 0 aromatic heterocycles. The lowest BCUT2D eigenvalue weighted by Gasteiger charge is -2.30. The van der Waals surface area contributed by atoms with E-state index in [1.165, 1.54) is 4.90 Å². The highest BCUT2D eigenvalue weighted by atomic mass is 16.2. The SMILES string of the molecule is CCc1cccc2c1NC(=O)C21NC(CC(C)C)C2C(=O)N(CCc3ccccc3)C(=O)C21. The zero-order valence-electron chi connectivity index (χ0n) is 19.4. The first kappa shape index (κ1) is 21.8. The van der Waals surface area contributed by atoms with Crippen molar-refractivity contribution < 1.29 is 14.4 Å². The van der Waals surface area contributed by atoms with E-state index in [1.54, 1.807) is 0 Å². The van der Waals surface area contributed by atoms with E-state index in [4.69, 9.17) is 0 Å². The fourth-order valence-corrected chi connectivity index (χ4v) is 6.06. The highest BCUT2D eigenvalue weighted by molar-refractivity contribution is 6.15. The molecule has 4 unspecified atom stereocenters. The number of benzene rings is 2. The molecule has 0 saturated carbocycles. The molecule has 0 bridgehead atoms. The van der Waals surface area contributed by atoms with Crippen LogP contribution in [-0.2, 0) is 32.8 Å². The summed E-state index contributed by atoms with van der Waals surface area (Å²) in [7, 11) is 0. The van der Waals surface area contributed by atoms with E-state index in [-0.39, 0.29) is 23.8 Å². The van der Waals surface area contributed by atoms with Crippen LogP contribution in [0.5, 0.6) is 0 Å². The normalized spacial score (nSPS) is 28.1. The maximum absolute atomic E-state index is 13.8. The van der Waals surface area contributed by atoms with Crippen molar-refractivity contribution in [3.05, 3.63) is 65.2 Å². The molecule has 3 heterocycles. The van der Waals surface area contributed by atoms with Gasteiger partial charge in [0.2, 0.25) is 17.7 Å². The molecule has 2 aromatic rings. The summed E-state index contributed by atoms with van der Waals surface area (Å²) in [4.78, 5) is 42.4. The summed E-state index contributed by atoms with van der Waals surface area (Å²) in [5.74, 6) is -1.53. The molecule has 6 heteroatoms. The van der Waals surface area contributed by atoms with E-state index in [2.05, 4.69) is 31.4 Å². The molecule has 0 radical (unpaired) electrons. The number of likely N-dealkylation sites (tertiary alicyclic amines) is 1. The first-order valence-electron chi connectivity index (χ1n) is 12.0. The van der Waals surface area contributed by atoms with Gasteiger partial charge in [0.1, 0.15) is 5.54 Å². The molecular formula is C27H31N3O3. The lowest BCUT2D eigenvalue weighted by atomic mass is 9.76. The monoisotopic (exact) mass is 445 g/mol. The second kappa shape index (κ2) is 8.10. The highest BCUT2D eigenvalue weighted by Crippen LogP contribution is 2.54. The highest BCUT2D eigenvalue weighted by Gasteiger charge is 2.70. The van der Waals surface area contributed by atoms with Crippen molar-refractivity contribution in [2.45, 2.75) is 51.6 Å². The molecule has 6 nitrogen and oxygen atoms in total. The Hall–Kier alpha value is -2.99. The second-order valence-electron chi connectivity index (χ2n) is 9.90. The Morgan fingerprint density at radius 2 is 1.76 bits per heavy atom. The number of nitrogens with one attached hydrogen (secondary N) is 2. The molecule has 172 valence electrons. The molecule has 3 aliphatic rings. The van der Waals surface area contributed by atoms with Gasteiger partial charge in [-0.05, 0) is 36.3 Å². The van der Waals surface area contributed by atoms with Gasteiger partial charge in [-0.3, -0.25) is 24.6 Å². The van der Waals surface area contributed by atoms with Gasteiger partial charge in [-0.1, -0.05) is 69.3 Å². The van der Waals surface area contributed by atoms with Crippen LogP contribution in [0.1, 0.15) is 43.9 Å². The molecule has 5 rings (SSSR count). The number of carbonyl (C=O) groups excluding carboxylic acids is 3. The van der Waals surface area contributed by atoms with Crippen LogP contribution in [0.15, 0.2) is 48.5 Å². The van der Waals surface area contributed by atoms with Gasteiger partial charge in [0.25, 0.3) is 0 Å². The molecule has 2 fully saturated rings. The summed E-state index contributed by atoms with van der Waals surface area (Å²) in [5.41, 5.74) is 2.53. The van der Waals surface area contributed by atoms with Crippen LogP contribution in [-0.4, -0.2) is 35.2 Å². The number of aryl methyl sites for hydroxylation is 1. The van der Waals surface area contributed by atoms with E-state index in [0.29, 0.717) is 18.9 Å². The number of nitrogens with zero attached hydrogens (tertiary/aromatic N) is 1. The number of imide groups is 1. The zero-order valence-corrected chi connectivity index (χ0v) is 19.4. The zero-order chi connectivity index (χ0) is 23.3. The van der Waals surface area contributed by atoms with Crippen molar-refractivity contribution in [3.8, 4) is 0 Å². The van der Waals surface area contributed by atoms with Crippen LogP contribution in [0.2, 0.25) is 0 Å². The van der Waals surface area contributed by atoms with Crippen molar-refractivity contribution in [2.24, 2.45) is 17.8 Å². The summed E-state index contributed by atoms with van der Waals surface area (Å²) in [6, 6.07) is 15.5. The maximum atomic E-state index is 13.8. The first-order valence-corrected chi connectivity index (χ1v) is 12.0. The molecule has 1 spiro atoms. The summed E-state index contributed by atoms with van der Waals surface area (Å²) in [6.45, 7) is 6.60. The minimum atomic E-state index is -1.20. The molecule has 3 amide bonds. The molecule has 2 aromatic carbocycles. The average molecular weight is 446 g/mol. The molecular weight excluding hydrogens is 414 g/mol. The third-order valence-corrected chi connectivity index (χ3v) is 7.50. The predicted octanol–water partition coefficient (Wildman–Crippen LogP) is 3.26. The first-order chi connectivity index (χ1) is 15.9. The quantitative estimate of drug-likeness (QED) is 0.669. The number of hydrogen-bond acceptors (Lipinski definition) is 4. The van der Waals surface area contributed by atoms with Crippen LogP contribution in [0.25, 0.3) is 0 Å². The summed E-state index contributed by atoms with van der Waals surface area (Å²) < 4.78 is 0. The van der Waals surface area contributed by atoms with Crippen LogP contribution >= 0.6 is 0 Å². The van der Waals surface area contributed by atoms with Gasteiger partial charge in [0.05, 0.1) is 11.8 Å². The van der Waals surface area contributed by atoms with Gasteiger partial charge < -0.3 is 5.32 Å². The summed E-state index contributed by atoms with van der Waals surface area (Å²) in [6.07, 6.45) is 2.11. The maximum Gasteiger partial charge on any atom is 0.250 e. The molecule has 3 aliphatic heterocycles. The Bertz CT molecular complexity index is 1110. The average Bonchev–Trinajstić information content (AvgIpc) is 3.37. The second-order valence-corrected chi connectivity index (χ2v) is 9.90. The van der Waals surface area contributed by atoms with E-state index >= 15 is 0 Å². The lowest BCUT2D eigenvalue weighted by molar-refractivity contribution is -0.142. The third-order valence-electron chi connectivity index (χ3n) is 7.50. The van der Waals surface area contributed by atoms with Crippen LogP contribution in [0.3, 0.4) is 0 Å². The Morgan fingerprint density at radius 1 is 1.00 bits per heavy atom. The smallest absolute Gasteiger partial charge is 0.250 e. The Morgan fingerprint density at radius 3 is 2.45 bits per heavy atom. The van der Waals surface area contributed by atoms with Crippen molar-refractivity contribution in [1.29, 1.82) is 0 Å². The van der Waals surface area contributed by atoms with E-state index < -0.39 is 17.4 Å². The van der Waals surface area contributed by atoms with E-state index in [0.717, 1.165) is 35.2 Å². The number of rotatable bonds is 6. The number of para-hydroxylation sites is 1. The fraction of sp³-hybridized carbons (Fsp3) is 0.444. The Kier molecular flexibility index (Phi) is 5.36. The number of anilines is 1. The van der Waals surface area contributed by atoms with E-state index in [1.807, 2.05) is 48.5 Å². The topological polar surface area (TPSA) is 78.5 Å². The van der Waals surface area contributed by atoms with Crippen molar-refractivity contribution in [3.63, 3.8) is 0 Å². The predicted molar refractivity (Wildman–Crippen MR) is 126 cm³/mol. The summed E-state index contributed by atoms with van der Waals surface area (Å²) in [5, 5.41) is 6.59. The van der Waals surface area contributed by atoms with Gasteiger partial charge in [0, 0.05) is 23.8 Å². The van der Waals surface area contributed by atoms with Gasteiger partial charge in [0.15, 0.2) is 0 Å². The molecule has 2 N–H and O–H groups in total. The molecule has 0 aliphatic carbocycles. The lowest BCUT2D eigenvalue weighted by Crippen LogP contribution is -2.53. The number of amides is 3. The van der Waals surface area contributed by atoms with Crippen molar-refractivity contribution in [2.75, 3.05) is 11.9 Å². The van der Waals surface area contributed by atoms with Gasteiger partial charge in [-0.25, -0.2) is 0 Å². The standard InChI is InChI=1S/C27H31N3O3/c1-4-18-11-8-12-19-23(18)28-26(33)27(19)22-21(20(29-27)15-16(2)3)24(31)30(25(22)32)14-13-17-9-6-5-7-10-17/h5-12,16,20-22,29H,4,13-15H2,1-3H3,(H,28,33). The van der Waals surface area contributed by atoms with Crippen LogP contribution < -0.4 is 10.6 Å². The minimum absolute atomic E-state index is 0.149. The summed E-state index contributed by atoms with van der Waals surface area (Å²) >= 11 is 0. The van der Waals surface area contributed by atoms with E-state index in [9.17, 15) is 14.4 Å². The molecule has 33 heavy (non-hydrogen) atoms. The number of fused-ring (bicyclic) bond motifs is 4. The minimum Gasteiger partial charge on any atom is -0.324 e. The Balaban J connectivity index is 1.55. The van der Waals surface area contributed by atoms with Gasteiger partial charge >= 0.3 is 0 Å².